The molecule has 0 radical (unpaired) electrons. The minimum Gasteiger partial charge on any atom is -0.300 e. The van der Waals surface area contributed by atoms with Gasteiger partial charge in [-0.3, -0.25) is 0 Å². The van der Waals surface area contributed by atoms with Gasteiger partial charge in [0.1, 0.15) is 5.78 Å². The number of ketones is 1. The minimum absolute atomic E-state index is 0. The van der Waals surface area contributed by atoms with Crippen LogP contribution in [-0.4, -0.2) is 5.78 Å². The van der Waals surface area contributed by atoms with Crippen LogP contribution in [0.15, 0.2) is 0 Å². The molecule has 0 rings (SSSR count). The Morgan fingerprint density at radius 3 is 0.889 bits per heavy atom. The third-order valence-electron chi connectivity index (χ3n) is 3.88. The number of hydrogen-bond donors (Lipinski definition) is 0. The highest BCUT2D eigenvalue weighted by atomic mass is 16.1. The third-order valence-corrected chi connectivity index (χ3v) is 3.88. The Labute approximate surface area is 180 Å². The van der Waals surface area contributed by atoms with Gasteiger partial charge in [-0.15, -0.1) is 0 Å². The van der Waals surface area contributed by atoms with Crippen molar-refractivity contribution in [2.75, 3.05) is 0 Å². The monoisotopic (exact) mass is 397 g/mol. The maximum Gasteiger partial charge on any atom is 0.129 e. The van der Waals surface area contributed by atoms with Crippen LogP contribution >= 0.6 is 0 Å². The minimum atomic E-state index is 0. The summed E-state index contributed by atoms with van der Waals surface area (Å²) in [7, 11) is 0. The number of carbonyl (C=O) groups excluding carboxylic acids is 1. The van der Waals surface area contributed by atoms with Crippen molar-refractivity contribution in [2.24, 2.45) is 0 Å². The zero-order valence-electron chi connectivity index (χ0n) is 13.5. The summed E-state index contributed by atoms with van der Waals surface area (Å²) in [5, 5.41) is 0. The topological polar surface area (TPSA) is 17.1 Å². The Morgan fingerprint density at radius 1 is 0.444 bits per heavy atom. The summed E-state index contributed by atoms with van der Waals surface area (Å²) in [6, 6.07) is 0. The Bertz CT molecular complexity index is 187. The lowest BCUT2D eigenvalue weighted by Crippen LogP contribution is -1.89. The molecular weight excluding hydrogens is 328 g/mol. The van der Waals surface area contributed by atoms with Gasteiger partial charge in [-0.05, 0) is 13.3 Å². The van der Waals surface area contributed by atoms with Crippen LogP contribution in [0, 0.1) is 0 Å². The molecule has 0 spiro atoms. The van der Waals surface area contributed by atoms with Gasteiger partial charge in [-0.1, -0.05) is 150 Å². The summed E-state index contributed by atoms with van der Waals surface area (Å²) < 4.78 is 0. The van der Waals surface area contributed by atoms with Crippen LogP contribution in [0.5, 0.6) is 0 Å². The van der Waals surface area contributed by atoms with Crippen LogP contribution < -0.4 is 0 Å². The molecule has 0 saturated heterocycles. The number of carbonyl (C=O) groups is 1. The van der Waals surface area contributed by atoms with Gasteiger partial charge in [0.2, 0.25) is 0 Å². The second-order valence-corrected chi connectivity index (χ2v) is 6.05. The summed E-state index contributed by atoms with van der Waals surface area (Å²) in [6.07, 6.45) is 20.1. The highest BCUT2D eigenvalue weighted by molar-refractivity contribution is 5.75. The molecule has 0 aromatic rings. The fourth-order valence-corrected chi connectivity index (χ4v) is 2.57. The Balaban J connectivity index is -0.0000000579. The van der Waals surface area contributed by atoms with Gasteiger partial charge >= 0.3 is 0 Å². The first-order chi connectivity index (χ1) is 9.27. The van der Waals surface area contributed by atoms with E-state index in [0.29, 0.717) is 5.78 Å². The molecular formula is C26H68O. The number of rotatable bonds is 15. The SMILES string of the molecule is C.C.C.C.C.C.C.C.CCCCCCCCCCCCCCCCC(C)=O. The van der Waals surface area contributed by atoms with E-state index in [0.717, 1.165) is 12.8 Å². The third kappa shape index (κ3) is 58.6. The fraction of sp³-hybridized carbons (Fsp3) is 0.962. The molecule has 0 aliphatic rings. The molecule has 0 aliphatic carbocycles. The summed E-state index contributed by atoms with van der Waals surface area (Å²) >= 11 is 0. The van der Waals surface area contributed by atoms with Gasteiger partial charge in [-0.25, -0.2) is 0 Å². The second-order valence-electron chi connectivity index (χ2n) is 6.05. The molecule has 0 fully saturated rings. The number of Topliss-reactive ketones (excluding diaryl/α,β-unsaturated/α-hetero) is 1. The molecule has 0 aliphatic heterocycles. The van der Waals surface area contributed by atoms with Crippen molar-refractivity contribution in [3.8, 4) is 0 Å². The van der Waals surface area contributed by atoms with Gasteiger partial charge < -0.3 is 4.79 Å². The van der Waals surface area contributed by atoms with E-state index >= 15 is 0 Å². The lowest BCUT2D eigenvalue weighted by Gasteiger charge is -2.02. The van der Waals surface area contributed by atoms with Crippen molar-refractivity contribution in [3.63, 3.8) is 0 Å². The first-order valence-electron chi connectivity index (χ1n) is 8.76. The van der Waals surface area contributed by atoms with E-state index in [-0.39, 0.29) is 59.4 Å². The predicted octanol–water partition coefficient (Wildman–Crippen LogP) is 11.5. The lowest BCUT2D eigenvalue weighted by atomic mass is 10.0. The maximum atomic E-state index is 10.8. The highest BCUT2D eigenvalue weighted by Crippen LogP contribution is 2.13. The first kappa shape index (κ1) is 56.3. The van der Waals surface area contributed by atoms with E-state index in [1.807, 2.05) is 0 Å². The molecule has 0 unspecified atom stereocenters. The zero-order valence-corrected chi connectivity index (χ0v) is 13.5. The van der Waals surface area contributed by atoms with Crippen molar-refractivity contribution >= 4 is 5.78 Å². The van der Waals surface area contributed by atoms with E-state index in [1.54, 1.807) is 6.92 Å². The smallest absolute Gasteiger partial charge is 0.129 e. The second kappa shape index (κ2) is 50.0. The molecule has 0 amide bonds. The average molecular weight is 397 g/mol. The summed E-state index contributed by atoms with van der Waals surface area (Å²) in [6.45, 7) is 3.97. The van der Waals surface area contributed by atoms with Gasteiger partial charge in [-0.2, -0.15) is 0 Å². The highest BCUT2D eigenvalue weighted by Gasteiger charge is 1.95. The van der Waals surface area contributed by atoms with Gasteiger partial charge in [0.15, 0.2) is 0 Å². The molecule has 0 aromatic heterocycles. The van der Waals surface area contributed by atoms with Crippen LogP contribution in [0.3, 0.4) is 0 Å². The molecule has 0 N–H and O–H groups in total. The van der Waals surface area contributed by atoms with Crippen molar-refractivity contribution < 1.29 is 4.79 Å². The summed E-state index contributed by atoms with van der Waals surface area (Å²) in [5.74, 6) is 0.346. The van der Waals surface area contributed by atoms with Gasteiger partial charge in [0.25, 0.3) is 0 Å². The van der Waals surface area contributed by atoms with Crippen molar-refractivity contribution in [1.82, 2.24) is 0 Å². The zero-order chi connectivity index (χ0) is 14.2. The number of hydrogen-bond acceptors (Lipinski definition) is 1. The Kier molecular flexibility index (Phi) is 104. The molecule has 0 saturated carbocycles. The largest absolute Gasteiger partial charge is 0.300 e. The normalized spacial score (nSPS) is 7.63. The number of unbranched alkanes of at least 4 members (excludes halogenated alkanes) is 13. The van der Waals surface area contributed by atoms with Crippen molar-refractivity contribution in [2.45, 2.75) is 170 Å². The molecule has 0 aromatic carbocycles. The van der Waals surface area contributed by atoms with Crippen LogP contribution in [0.2, 0.25) is 0 Å². The van der Waals surface area contributed by atoms with Gasteiger partial charge in [0.05, 0.1) is 0 Å². The lowest BCUT2D eigenvalue weighted by molar-refractivity contribution is -0.117. The predicted molar refractivity (Wildman–Crippen MR) is 139 cm³/mol. The Hall–Kier alpha value is -0.330. The standard InChI is InChI=1S/C18H36O.8CH4/c1-3-4-5-6-7-8-9-10-11-12-13-14-15-16-17-18(2)19;;;;;;;;/h3-17H2,1-2H3;8*1H4. The van der Waals surface area contributed by atoms with E-state index in [1.165, 1.54) is 83.5 Å². The van der Waals surface area contributed by atoms with Crippen LogP contribution in [0.1, 0.15) is 170 Å². The van der Waals surface area contributed by atoms with Crippen molar-refractivity contribution in [1.29, 1.82) is 0 Å². The molecule has 0 atom stereocenters. The fourth-order valence-electron chi connectivity index (χ4n) is 2.57. The van der Waals surface area contributed by atoms with Crippen molar-refractivity contribution in [3.05, 3.63) is 0 Å². The van der Waals surface area contributed by atoms with E-state index < -0.39 is 0 Å². The average Bonchev–Trinajstić information content (AvgIpc) is 2.39. The molecule has 27 heavy (non-hydrogen) atoms. The summed E-state index contributed by atoms with van der Waals surface area (Å²) in [5.41, 5.74) is 0. The van der Waals surface area contributed by atoms with Crippen LogP contribution in [0.25, 0.3) is 0 Å². The Morgan fingerprint density at radius 2 is 0.667 bits per heavy atom. The maximum absolute atomic E-state index is 10.8. The van der Waals surface area contributed by atoms with Crippen LogP contribution in [0.4, 0.5) is 0 Å². The van der Waals surface area contributed by atoms with E-state index in [9.17, 15) is 4.79 Å². The molecule has 1 nitrogen and oxygen atoms in total. The van der Waals surface area contributed by atoms with Gasteiger partial charge in [0, 0.05) is 6.42 Å². The molecule has 0 heterocycles. The molecule has 1 heteroatoms. The van der Waals surface area contributed by atoms with Crippen LogP contribution in [-0.2, 0) is 4.79 Å². The summed E-state index contributed by atoms with van der Waals surface area (Å²) in [4.78, 5) is 10.8. The molecule has 178 valence electrons. The quantitative estimate of drug-likeness (QED) is 0.251. The van der Waals surface area contributed by atoms with E-state index in [4.69, 9.17) is 0 Å². The van der Waals surface area contributed by atoms with E-state index in [2.05, 4.69) is 6.92 Å². The molecule has 0 bridgehead atoms. The first-order valence-corrected chi connectivity index (χ1v) is 8.76.